The molecule has 2 saturated heterocycles. The van der Waals surface area contributed by atoms with Crippen LogP contribution in [0.2, 0.25) is 0 Å². The van der Waals surface area contributed by atoms with Gasteiger partial charge in [0.2, 0.25) is 35.6 Å². The molecule has 2 aliphatic heterocycles. The second-order valence-corrected chi connectivity index (χ2v) is 16.2. The fourth-order valence-electron chi connectivity index (χ4n) is 7.55. The fraction of sp³-hybridized carbons (Fsp3) is 0.348. The molecule has 0 spiro atoms. The maximum Gasteiger partial charge on any atom is 0.232 e. The van der Waals surface area contributed by atoms with Gasteiger partial charge in [-0.3, -0.25) is 9.59 Å². The molecule has 2 aromatic carbocycles. The van der Waals surface area contributed by atoms with E-state index >= 15 is 0 Å². The quantitative estimate of drug-likeness (QED) is 0.102. The first-order chi connectivity index (χ1) is 31.0. The molecule has 0 atom stereocenters. The predicted octanol–water partition coefficient (Wildman–Crippen LogP) is 6.19. The van der Waals surface area contributed by atoms with E-state index in [1.54, 1.807) is 0 Å². The van der Waals surface area contributed by atoms with Crippen LogP contribution in [0.25, 0.3) is 0 Å². The lowest BCUT2D eigenvalue weighted by molar-refractivity contribution is -0.121. The average Bonchev–Trinajstić information content (AvgIpc) is 3.30. The summed E-state index contributed by atoms with van der Waals surface area (Å²) in [4.78, 5) is 71.5. The van der Waals surface area contributed by atoms with Crippen molar-refractivity contribution in [1.82, 2.24) is 39.9 Å². The lowest BCUT2D eigenvalue weighted by Crippen LogP contribution is -2.47. The minimum absolute atomic E-state index is 0.00729. The Balaban J connectivity index is 0.809. The van der Waals surface area contributed by atoms with Crippen LogP contribution in [0.1, 0.15) is 46.4 Å². The molecule has 6 heterocycles. The highest BCUT2D eigenvalue weighted by Crippen LogP contribution is 2.29. The van der Waals surface area contributed by atoms with Crippen molar-refractivity contribution in [3.63, 3.8) is 0 Å². The Bertz CT molecular complexity index is 2460. The van der Waals surface area contributed by atoms with Crippen molar-refractivity contribution in [2.45, 2.75) is 54.4 Å². The van der Waals surface area contributed by atoms with Gasteiger partial charge in [0.25, 0.3) is 0 Å². The summed E-state index contributed by atoms with van der Waals surface area (Å²) in [6.07, 6.45) is 4.92. The van der Waals surface area contributed by atoms with E-state index in [0.717, 1.165) is 92.2 Å². The van der Waals surface area contributed by atoms with Gasteiger partial charge in [0.1, 0.15) is 24.3 Å². The van der Waals surface area contributed by atoms with E-state index in [1.807, 2.05) is 63.4 Å². The van der Waals surface area contributed by atoms with E-state index < -0.39 is 0 Å². The van der Waals surface area contributed by atoms with E-state index in [9.17, 15) is 9.59 Å². The molecule has 8 rings (SSSR count). The maximum absolute atomic E-state index is 13.1. The van der Waals surface area contributed by atoms with E-state index in [1.165, 1.54) is 29.3 Å². The monoisotopic (exact) mass is 862 g/mol. The Morgan fingerprint density at radius 3 is 1.45 bits per heavy atom. The van der Waals surface area contributed by atoms with E-state index in [-0.39, 0.29) is 24.7 Å². The van der Waals surface area contributed by atoms with Crippen LogP contribution in [0.5, 0.6) is 0 Å². The molecule has 2 fully saturated rings. The minimum atomic E-state index is -0.283. The van der Waals surface area contributed by atoms with Gasteiger partial charge in [-0.25, -0.2) is 29.9 Å². The number of aromatic nitrogens is 8. The first-order valence-corrected chi connectivity index (χ1v) is 21.6. The number of carbonyl (C=O) groups excluding carboxylic acids is 2. The molecule has 0 radical (unpaired) electrons. The lowest BCUT2D eigenvalue weighted by atomic mass is 10.1. The second-order valence-electron chi connectivity index (χ2n) is 16.2. The van der Waals surface area contributed by atoms with E-state index in [4.69, 9.17) is 15.0 Å². The van der Waals surface area contributed by atoms with Crippen molar-refractivity contribution >= 4 is 70.0 Å². The topological polar surface area (TPSA) is 198 Å². The van der Waals surface area contributed by atoms with Crippen LogP contribution < -0.4 is 40.9 Å². The lowest BCUT2D eigenvalue weighted by Gasteiger charge is -2.35. The molecular weight excluding hydrogens is 809 g/mol. The van der Waals surface area contributed by atoms with Crippen molar-refractivity contribution in [3.05, 3.63) is 107 Å². The number of aryl methyl sites for hydroxylation is 4. The highest BCUT2D eigenvalue weighted by Gasteiger charge is 2.23. The number of hydrogen-bond acceptors (Lipinski definition) is 16. The van der Waals surface area contributed by atoms with Crippen LogP contribution in [-0.4, -0.2) is 104 Å². The van der Waals surface area contributed by atoms with Gasteiger partial charge in [0.15, 0.2) is 0 Å². The van der Waals surface area contributed by atoms with Crippen LogP contribution >= 0.6 is 0 Å². The van der Waals surface area contributed by atoms with Gasteiger partial charge in [-0.1, -0.05) is 18.2 Å². The molecular formula is C46H54N16O2. The Morgan fingerprint density at radius 2 is 0.969 bits per heavy atom. The van der Waals surface area contributed by atoms with Gasteiger partial charge in [-0.15, -0.1) is 0 Å². The third kappa shape index (κ3) is 10.2. The number of rotatable bonds is 13. The zero-order valence-corrected chi connectivity index (χ0v) is 37.2. The van der Waals surface area contributed by atoms with E-state index in [2.05, 4.69) is 105 Å². The Kier molecular flexibility index (Phi) is 13.0. The second kappa shape index (κ2) is 19.3. The highest BCUT2D eigenvalue weighted by molar-refractivity contribution is 5.98. The van der Waals surface area contributed by atoms with Gasteiger partial charge in [-0.2, -0.15) is 9.97 Å². The Hall–Kier alpha value is -7.50. The smallest absolute Gasteiger partial charge is 0.232 e. The minimum Gasteiger partial charge on any atom is -0.353 e. The molecule has 64 heavy (non-hydrogen) atoms. The number of amides is 2. The van der Waals surface area contributed by atoms with Crippen molar-refractivity contribution in [2.24, 2.45) is 0 Å². The van der Waals surface area contributed by atoms with Crippen LogP contribution in [-0.2, 0) is 9.59 Å². The summed E-state index contributed by atoms with van der Waals surface area (Å²) in [6, 6.07) is 17.4. The first-order valence-electron chi connectivity index (χ1n) is 21.6. The average molecular weight is 863 g/mol. The zero-order chi connectivity index (χ0) is 44.7. The number of benzene rings is 2. The number of nitrogens with zero attached hydrogens (tertiary/aromatic N) is 12. The van der Waals surface area contributed by atoms with Crippen LogP contribution in [0.15, 0.2) is 73.4 Å². The van der Waals surface area contributed by atoms with Crippen molar-refractivity contribution < 1.29 is 9.59 Å². The van der Waals surface area contributed by atoms with Crippen LogP contribution in [0, 0.1) is 41.5 Å². The molecule has 18 nitrogen and oxygen atoms in total. The number of anilines is 10. The van der Waals surface area contributed by atoms with Crippen molar-refractivity contribution in [3.8, 4) is 0 Å². The number of pyridine rings is 2. The third-order valence-corrected chi connectivity index (χ3v) is 11.9. The summed E-state index contributed by atoms with van der Waals surface area (Å²) in [7, 11) is 0. The third-order valence-electron chi connectivity index (χ3n) is 11.9. The van der Waals surface area contributed by atoms with Crippen molar-refractivity contribution in [2.75, 3.05) is 93.2 Å². The number of piperazine rings is 2. The molecule has 18 heteroatoms. The van der Waals surface area contributed by atoms with Gasteiger partial charge in [0, 0.05) is 99.8 Å². The van der Waals surface area contributed by atoms with Crippen molar-refractivity contribution in [1.29, 1.82) is 0 Å². The van der Waals surface area contributed by atoms with Gasteiger partial charge in [-0.05, 0) is 106 Å². The highest BCUT2D eigenvalue weighted by atomic mass is 16.2. The molecule has 0 bridgehead atoms. The maximum atomic E-state index is 13.1. The number of nitrogens with one attached hydrogen (secondary N) is 4. The van der Waals surface area contributed by atoms with Gasteiger partial charge >= 0.3 is 0 Å². The van der Waals surface area contributed by atoms with Gasteiger partial charge < -0.3 is 40.9 Å². The molecule has 6 aromatic rings. The summed E-state index contributed by atoms with van der Waals surface area (Å²) in [5.41, 5.74) is 8.94. The normalized spacial score (nSPS) is 14.0. The Morgan fingerprint density at radius 1 is 0.500 bits per heavy atom. The predicted molar refractivity (Wildman–Crippen MR) is 251 cm³/mol. The molecule has 0 unspecified atom stereocenters. The summed E-state index contributed by atoms with van der Waals surface area (Å²) >= 11 is 0. The SMILES string of the molecule is Cc1cnc(N2CCN(c3ncnc(Nc4cccc(NC(=O)CCC(=O)Nc5cccc(Nc6ncnc(N7CCN(c8ccc(C)c(C)n8)CC7)n6)c5C)c4C)n3)CC2)cc1C. The fourth-order valence-corrected chi connectivity index (χ4v) is 7.55. The molecule has 0 aliphatic carbocycles. The molecule has 0 saturated carbocycles. The molecule has 4 N–H and O–H groups in total. The molecule has 2 amide bonds. The van der Waals surface area contributed by atoms with Crippen LogP contribution in [0.3, 0.4) is 0 Å². The number of hydrogen-bond donors (Lipinski definition) is 4. The number of carbonyl (C=O) groups is 2. The first kappa shape index (κ1) is 43.2. The van der Waals surface area contributed by atoms with Crippen LogP contribution in [0.4, 0.5) is 58.2 Å². The summed E-state index contributed by atoms with van der Waals surface area (Å²) in [5.74, 6) is 3.38. The van der Waals surface area contributed by atoms with Gasteiger partial charge in [0.05, 0.1) is 0 Å². The summed E-state index contributed by atoms with van der Waals surface area (Å²) in [5, 5.41) is 12.5. The molecule has 4 aromatic heterocycles. The largest absolute Gasteiger partial charge is 0.353 e. The molecule has 330 valence electrons. The zero-order valence-electron chi connectivity index (χ0n) is 37.2. The Labute approximate surface area is 373 Å². The molecule has 2 aliphatic rings. The standard InChI is InChI=1S/C46H54N16O2/c1-29-13-14-39(52-34(29)6)59-17-21-61(22-18-59)45-50-27-48-43(57-45)55-37-11-7-9-35(32(37)4)53-41(63)15-16-42(64)54-36-10-8-12-38(33(36)5)56-44-49-28-51-46(58-44)62-23-19-60(20-24-62)40-25-30(2)31(3)26-47-40/h7-14,25-28H,15-24H2,1-6H3,(H,53,63)(H,54,64)(H,48,50,55,57)(H,49,51,56,58). The summed E-state index contributed by atoms with van der Waals surface area (Å²) in [6.45, 7) is 18.3. The van der Waals surface area contributed by atoms with E-state index in [0.29, 0.717) is 35.2 Å². The summed E-state index contributed by atoms with van der Waals surface area (Å²) < 4.78 is 0.